The average Bonchev–Trinajstić information content (AvgIpc) is 2.91. The Kier molecular flexibility index (Phi) is 5.18. The molecule has 1 atom stereocenters. The van der Waals surface area contributed by atoms with Gasteiger partial charge in [-0.25, -0.2) is 0 Å². The largest absolute Gasteiger partial charge is 0.311 e. The minimum Gasteiger partial charge on any atom is -0.311 e. The summed E-state index contributed by atoms with van der Waals surface area (Å²) < 4.78 is 1.99. The number of nitrogens with one attached hydrogen (secondary N) is 1. The molecule has 1 unspecified atom stereocenters. The summed E-state index contributed by atoms with van der Waals surface area (Å²) in [6.07, 6.45) is 6.33. The van der Waals surface area contributed by atoms with Gasteiger partial charge in [0.15, 0.2) is 0 Å². The smallest absolute Gasteiger partial charge is 0.0559 e. The second-order valence-electron chi connectivity index (χ2n) is 6.43. The van der Waals surface area contributed by atoms with Gasteiger partial charge in [0.25, 0.3) is 0 Å². The topological polar surface area (TPSA) is 36.3 Å². The Morgan fingerprint density at radius 3 is 2.60 bits per heavy atom. The minimum atomic E-state index is 0.297. The van der Waals surface area contributed by atoms with Crippen LogP contribution in [0, 0.1) is 0 Å². The molecule has 1 aromatic heterocycles. The van der Waals surface area contributed by atoms with Crippen LogP contribution in [0.5, 0.6) is 0 Å². The quantitative estimate of drug-likeness (QED) is 0.839. The van der Waals surface area contributed by atoms with Gasteiger partial charge in [0.2, 0.25) is 0 Å². The van der Waals surface area contributed by atoms with E-state index in [1.807, 2.05) is 23.1 Å². The Hall–Kier alpha value is -0.910. The second kappa shape index (κ2) is 6.70. The molecular weight excluding hydrogens is 250 g/mol. The van der Waals surface area contributed by atoms with Gasteiger partial charge in [0.1, 0.15) is 0 Å². The molecule has 1 fully saturated rings. The van der Waals surface area contributed by atoms with Crippen LogP contribution in [-0.2, 0) is 6.54 Å². The Labute approximate surface area is 122 Å². The summed E-state index contributed by atoms with van der Waals surface area (Å²) >= 11 is 0. The van der Waals surface area contributed by atoms with Crippen molar-refractivity contribution in [3.05, 3.63) is 18.5 Å². The van der Waals surface area contributed by atoms with Crippen LogP contribution < -0.4 is 5.32 Å². The van der Waals surface area contributed by atoms with Crippen LogP contribution in [0.4, 0.5) is 0 Å². The molecule has 0 aliphatic carbocycles. The van der Waals surface area contributed by atoms with Crippen molar-refractivity contribution in [2.45, 2.75) is 37.9 Å². The molecule has 1 aromatic rings. The van der Waals surface area contributed by atoms with Gasteiger partial charge in [-0.1, -0.05) is 0 Å². The fraction of sp³-hybridized carbons (Fsp3) is 0.800. The summed E-state index contributed by atoms with van der Waals surface area (Å²) in [5, 5.41) is 7.98. The zero-order chi connectivity index (χ0) is 14.6. The number of rotatable bonds is 6. The van der Waals surface area contributed by atoms with Crippen molar-refractivity contribution < 1.29 is 0 Å². The Bertz CT molecular complexity index is 379. The highest BCUT2D eigenvalue weighted by Gasteiger charge is 2.35. The standard InChI is InChI=1S/C15H29N5/c1-14(12-20-9-5-8-17-20)16-13-15(18(2)3)6-10-19(4)11-7-15/h5,8-9,14,16H,6-7,10-13H2,1-4H3. The highest BCUT2D eigenvalue weighted by atomic mass is 15.3. The zero-order valence-electron chi connectivity index (χ0n) is 13.3. The van der Waals surface area contributed by atoms with Crippen LogP contribution in [0.2, 0.25) is 0 Å². The third-order valence-corrected chi connectivity index (χ3v) is 4.67. The number of hydrogen-bond acceptors (Lipinski definition) is 4. The van der Waals surface area contributed by atoms with Crippen LogP contribution in [0.3, 0.4) is 0 Å². The number of likely N-dealkylation sites (tertiary alicyclic amines) is 1. The number of hydrogen-bond donors (Lipinski definition) is 1. The van der Waals surface area contributed by atoms with Crippen LogP contribution >= 0.6 is 0 Å². The molecule has 5 nitrogen and oxygen atoms in total. The lowest BCUT2D eigenvalue weighted by Crippen LogP contribution is -2.58. The molecule has 114 valence electrons. The molecule has 0 aromatic carbocycles. The zero-order valence-corrected chi connectivity index (χ0v) is 13.3. The summed E-state index contributed by atoms with van der Waals surface area (Å²) in [7, 11) is 6.64. The van der Waals surface area contributed by atoms with Crippen LogP contribution in [0.25, 0.3) is 0 Å². The lowest BCUT2D eigenvalue weighted by atomic mass is 9.86. The highest BCUT2D eigenvalue weighted by Crippen LogP contribution is 2.26. The van der Waals surface area contributed by atoms with Gasteiger partial charge in [0.05, 0.1) is 6.54 Å². The van der Waals surface area contributed by atoms with Gasteiger partial charge in [-0.15, -0.1) is 0 Å². The first-order valence-electron chi connectivity index (χ1n) is 7.59. The third-order valence-electron chi connectivity index (χ3n) is 4.67. The summed E-state index contributed by atoms with van der Waals surface area (Å²) in [4.78, 5) is 4.84. The van der Waals surface area contributed by atoms with E-state index in [2.05, 4.69) is 48.3 Å². The van der Waals surface area contributed by atoms with Crippen LogP contribution in [-0.4, -0.2) is 71.9 Å². The molecule has 2 rings (SSSR count). The van der Waals surface area contributed by atoms with E-state index < -0.39 is 0 Å². The van der Waals surface area contributed by atoms with Gasteiger partial charge in [-0.05, 0) is 60.1 Å². The molecule has 0 spiro atoms. The maximum Gasteiger partial charge on any atom is 0.0559 e. The first-order valence-corrected chi connectivity index (χ1v) is 7.59. The molecule has 0 bridgehead atoms. The summed E-state index contributed by atoms with van der Waals surface area (Å²) in [5.41, 5.74) is 0.297. The molecule has 1 aliphatic heterocycles. The molecule has 2 heterocycles. The van der Waals surface area contributed by atoms with E-state index in [1.54, 1.807) is 0 Å². The number of aromatic nitrogens is 2. The summed E-state index contributed by atoms with van der Waals surface area (Å²) in [6, 6.07) is 2.41. The summed E-state index contributed by atoms with van der Waals surface area (Å²) in [6.45, 7) is 6.59. The molecule has 0 saturated carbocycles. The molecule has 20 heavy (non-hydrogen) atoms. The van der Waals surface area contributed by atoms with Crippen molar-refractivity contribution in [2.24, 2.45) is 0 Å². The van der Waals surface area contributed by atoms with Crippen molar-refractivity contribution in [1.82, 2.24) is 24.9 Å². The van der Waals surface area contributed by atoms with E-state index in [0.717, 1.165) is 13.1 Å². The number of nitrogens with zero attached hydrogens (tertiary/aromatic N) is 4. The van der Waals surface area contributed by atoms with E-state index in [0.29, 0.717) is 11.6 Å². The Balaban J connectivity index is 1.86. The SMILES string of the molecule is CC(Cn1cccn1)NCC1(N(C)C)CCN(C)CC1. The molecule has 0 amide bonds. The fourth-order valence-corrected chi connectivity index (χ4v) is 2.93. The highest BCUT2D eigenvalue weighted by molar-refractivity contribution is 4.95. The normalized spacial score (nSPS) is 21.2. The van der Waals surface area contributed by atoms with Crippen molar-refractivity contribution in [3.63, 3.8) is 0 Å². The first kappa shape index (κ1) is 15.5. The Morgan fingerprint density at radius 2 is 2.05 bits per heavy atom. The van der Waals surface area contributed by atoms with Crippen molar-refractivity contribution in [2.75, 3.05) is 40.8 Å². The van der Waals surface area contributed by atoms with Crippen molar-refractivity contribution in [3.8, 4) is 0 Å². The molecule has 0 radical (unpaired) electrons. The van der Waals surface area contributed by atoms with Crippen LogP contribution in [0.1, 0.15) is 19.8 Å². The molecular formula is C15H29N5. The predicted octanol–water partition coefficient (Wildman–Crippen LogP) is 0.887. The van der Waals surface area contributed by atoms with E-state index >= 15 is 0 Å². The fourth-order valence-electron chi connectivity index (χ4n) is 2.93. The third kappa shape index (κ3) is 3.81. The van der Waals surface area contributed by atoms with Gasteiger partial charge in [-0.2, -0.15) is 5.10 Å². The number of likely N-dealkylation sites (N-methyl/N-ethyl adjacent to an activating group) is 1. The van der Waals surface area contributed by atoms with E-state index in [1.165, 1.54) is 25.9 Å². The van der Waals surface area contributed by atoms with E-state index in [4.69, 9.17) is 0 Å². The second-order valence-corrected chi connectivity index (χ2v) is 6.43. The maximum atomic E-state index is 4.27. The van der Waals surface area contributed by atoms with Gasteiger partial charge >= 0.3 is 0 Å². The van der Waals surface area contributed by atoms with E-state index in [-0.39, 0.29) is 0 Å². The van der Waals surface area contributed by atoms with Crippen LogP contribution in [0.15, 0.2) is 18.5 Å². The van der Waals surface area contributed by atoms with Crippen molar-refractivity contribution in [1.29, 1.82) is 0 Å². The predicted molar refractivity (Wildman–Crippen MR) is 82.8 cm³/mol. The number of piperidine rings is 1. The molecule has 1 aliphatic rings. The van der Waals surface area contributed by atoms with Gasteiger partial charge in [0, 0.05) is 30.5 Å². The molecule has 1 N–H and O–H groups in total. The van der Waals surface area contributed by atoms with Gasteiger partial charge in [-0.3, -0.25) is 4.68 Å². The van der Waals surface area contributed by atoms with Crippen molar-refractivity contribution >= 4 is 0 Å². The lowest BCUT2D eigenvalue weighted by molar-refractivity contribution is 0.0633. The monoisotopic (exact) mass is 279 g/mol. The summed E-state index contributed by atoms with van der Waals surface area (Å²) in [5.74, 6) is 0. The van der Waals surface area contributed by atoms with E-state index in [9.17, 15) is 0 Å². The molecule has 5 heteroatoms. The van der Waals surface area contributed by atoms with Gasteiger partial charge < -0.3 is 15.1 Å². The molecule has 1 saturated heterocycles. The Morgan fingerprint density at radius 1 is 1.35 bits per heavy atom. The average molecular weight is 279 g/mol. The minimum absolute atomic E-state index is 0.297. The first-order chi connectivity index (χ1) is 9.52. The maximum absolute atomic E-state index is 4.27. The lowest BCUT2D eigenvalue weighted by Gasteiger charge is -2.46.